The molecule has 15 heteroatoms. The first-order valence-electron chi connectivity index (χ1n) is 16.0. The molecule has 0 spiro atoms. The number of carbonyl (C=O) groups excluding carboxylic acids is 2. The molecule has 0 aliphatic rings. The zero-order valence-corrected chi connectivity index (χ0v) is 29.5. The summed E-state index contributed by atoms with van der Waals surface area (Å²) in [6.45, 7) is 2.48. The SMILES string of the molecule is COC(=O)N[C@H](C(=O)C[C@H](c1ccc([C@@H](CO)N(C(C)C)S(=O)(=O)c2ccc3cn[nH]c3c2)s1)C(F)(F)F)C(c1ccccc1)c1ccccc1. The number of thiophene rings is 1. The van der Waals surface area contributed by atoms with Gasteiger partial charge in [0.15, 0.2) is 5.78 Å². The summed E-state index contributed by atoms with van der Waals surface area (Å²) in [5, 5.41) is 20.3. The molecule has 3 atom stereocenters. The number of rotatable bonds is 14. The summed E-state index contributed by atoms with van der Waals surface area (Å²) < 4.78 is 78.4. The van der Waals surface area contributed by atoms with Crippen LogP contribution in [0.5, 0.6) is 0 Å². The summed E-state index contributed by atoms with van der Waals surface area (Å²) in [7, 11) is -3.18. The number of hydrogen-bond acceptors (Lipinski definition) is 8. The number of hydrogen-bond donors (Lipinski definition) is 3. The predicted octanol–water partition coefficient (Wildman–Crippen LogP) is 6.92. The summed E-state index contributed by atoms with van der Waals surface area (Å²) in [5.74, 6) is -4.05. The number of methoxy groups -OCH3 is 1. The minimum absolute atomic E-state index is 0.0857. The van der Waals surface area contributed by atoms with E-state index in [1.54, 1.807) is 80.6 Å². The maximum atomic E-state index is 14.9. The Morgan fingerprint density at radius 2 is 1.57 bits per heavy atom. The Morgan fingerprint density at radius 1 is 0.961 bits per heavy atom. The number of halogens is 3. The highest BCUT2D eigenvalue weighted by Gasteiger charge is 2.46. The van der Waals surface area contributed by atoms with Gasteiger partial charge in [-0.05, 0) is 55.3 Å². The van der Waals surface area contributed by atoms with Gasteiger partial charge in [0.1, 0.15) is 6.04 Å². The molecule has 51 heavy (non-hydrogen) atoms. The largest absolute Gasteiger partial charge is 0.453 e. The van der Waals surface area contributed by atoms with Gasteiger partial charge in [-0.2, -0.15) is 22.6 Å². The number of nitrogens with one attached hydrogen (secondary N) is 2. The van der Waals surface area contributed by atoms with E-state index in [1.165, 1.54) is 30.5 Å². The van der Waals surface area contributed by atoms with Gasteiger partial charge in [-0.1, -0.05) is 60.7 Å². The summed E-state index contributed by atoms with van der Waals surface area (Å²) in [4.78, 5) is 26.4. The number of fused-ring (bicyclic) bond motifs is 1. The second-order valence-corrected chi connectivity index (χ2v) is 15.2. The van der Waals surface area contributed by atoms with E-state index in [0.717, 1.165) is 11.4 Å². The molecule has 0 aliphatic carbocycles. The number of aromatic nitrogens is 2. The van der Waals surface area contributed by atoms with E-state index in [9.17, 15) is 36.3 Å². The number of benzene rings is 3. The number of amides is 1. The Kier molecular flexibility index (Phi) is 11.6. The van der Waals surface area contributed by atoms with Crippen molar-refractivity contribution in [2.24, 2.45) is 0 Å². The highest BCUT2D eigenvalue weighted by atomic mass is 32.2. The number of aromatic amines is 1. The fraction of sp³-hybridized carbons (Fsp3) is 0.306. The van der Waals surface area contributed by atoms with Gasteiger partial charge < -0.3 is 15.2 Å². The van der Waals surface area contributed by atoms with Crippen molar-refractivity contribution in [2.45, 2.75) is 61.3 Å². The summed E-state index contributed by atoms with van der Waals surface area (Å²) in [6.07, 6.45) is -5.39. The molecular weight excluding hydrogens is 706 g/mol. The molecule has 0 unspecified atom stereocenters. The highest BCUT2D eigenvalue weighted by molar-refractivity contribution is 7.89. The maximum Gasteiger partial charge on any atom is 0.407 e. The van der Waals surface area contributed by atoms with E-state index in [0.29, 0.717) is 33.4 Å². The molecule has 0 bridgehead atoms. The quantitative estimate of drug-likeness (QED) is 0.112. The molecular formula is C36H37F3N4O6S2. The number of aliphatic hydroxyl groups is 1. The third kappa shape index (κ3) is 8.33. The van der Waals surface area contributed by atoms with Crippen molar-refractivity contribution in [1.82, 2.24) is 19.8 Å². The molecule has 0 aliphatic heterocycles. The first-order valence-corrected chi connectivity index (χ1v) is 18.2. The van der Waals surface area contributed by atoms with Gasteiger partial charge >= 0.3 is 12.3 Å². The molecule has 0 radical (unpaired) electrons. The number of alkyl halides is 3. The molecule has 3 aromatic carbocycles. The zero-order valence-electron chi connectivity index (χ0n) is 27.9. The first kappa shape index (κ1) is 37.7. The van der Waals surface area contributed by atoms with Crippen LogP contribution in [0.25, 0.3) is 10.9 Å². The molecule has 10 nitrogen and oxygen atoms in total. The monoisotopic (exact) mass is 742 g/mol. The number of sulfonamides is 1. The number of nitrogens with zero attached hydrogens (tertiary/aromatic N) is 2. The zero-order chi connectivity index (χ0) is 36.9. The van der Waals surface area contributed by atoms with E-state index >= 15 is 0 Å². The average molecular weight is 743 g/mol. The fourth-order valence-electron chi connectivity index (χ4n) is 6.17. The van der Waals surface area contributed by atoms with Gasteiger partial charge in [0.25, 0.3) is 0 Å². The summed E-state index contributed by atoms with van der Waals surface area (Å²) in [6, 6.07) is 20.9. The Hall–Kier alpha value is -4.57. The minimum atomic E-state index is -4.90. The minimum Gasteiger partial charge on any atom is -0.453 e. The van der Waals surface area contributed by atoms with E-state index in [2.05, 4.69) is 15.5 Å². The molecule has 5 aromatic rings. The van der Waals surface area contributed by atoms with Crippen LogP contribution in [0.3, 0.4) is 0 Å². The number of carbonyl (C=O) groups is 2. The molecule has 270 valence electrons. The van der Waals surface area contributed by atoms with Gasteiger partial charge in [-0.25, -0.2) is 13.2 Å². The van der Waals surface area contributed by atoms with Crippen LogP contribution in [0.4, 0.5) is 18.0 Å². The lowest BCUT2D eigenvalue weighted by Crippen LogP contribution is -2.46. The van der Waals surface area contributed by atoms with Crippen molar-refractivity contribution in [3.63, 3.8) is 0 Å². The molecule has 2 heterocycles. The third-order valence-corrected chi connectivity index (χ3v) is 11.9. The smallest absolute Gasteiger partial charge is 0.407 e. The lowest BCUT2D eigenvalue weighted by Gasteiger charge is -2.32. The predicted molar refractivity (Wildman–Crippen MR) is 187 cm³/mol. The summed E-state index contributed by atoms with van der Waals surface area (Å²) >= 11 is 0.668. The lowest BCUT2D eigenvalue weighted by atomic mass is 9.81. The van der Waals surface area contributed by atoms with Crippen molar-refractivity contribution < 1.29 is 41.0 Å². The van der Waals surface area contributed by atoms with Gasteiger partial charge in [0.2, 0.25) is 10.0 Å². The molecule has 0 saturated heterocycles. The summed E-state index contributed by atoms with van der Waals surface area (Å²) in [5.41, 5.74) is 1.65. The van der Waals surface area contributed by atoms with Crippen LogP contribution >= 0.6 is 11.3 Å². The van der Waals surface area contributed by atoms with Gasteiger partial charge in [0.05, 0.1) is 42.3 Å². The number of ether oxygens (including phenoxy) is 1. The number of ketones is 1. The van der Waals surface area contributed by atoms with Crippen LogP contribution in [0.1, 0.15) is 59.0 Å². The molecule has 2 aromatic heterocycles. The van der Waals surface area contributed by atoms with E-state index in [1.807, 2.05) is 0 Å². The third-order valence-electron chi connectivity index (χ3n) is 8.55. The van der Waals surface area contributed by atoms with Crippen LogP contribution in [-0.4, -0.2) is 71.9 Å². The highest BCUT2D eigenvalue weighted by Crippen LogP contribution is 2.44. The van der Waals surface area contributed by atoms with Crippen molar-refractivity contribution in [3.8, 4) is 0 Å². The molecule has 0 fully saturated rings. The second kappa shape index (κ2) is 15.8. The van der Waals surface area contributed by atoms with Crippen molar-refractivity contribution in [1.29, 1.82) is 0 Å². The average Bonchev–Trinajstić information content (AvgIpc) is 3.79. The Balaban J connectivity index is 1.50. The first-order chi connectivity index (χ1) is 24.3. The molecule has 5 rings (SSSR count). The van der Waals surface area contributed by atoms with Gasteiger partial charge in [-0.15, -0.1) is 11.3 Å². The number of H-pyrrole nitrogens is 1. The van der Waals surface area contributed by atoms with Crippen LogP contribution < -0.4 is 5.32 Å². The Morgan fingerprint density at radius 3 is 2.12 bits per heavy atom. The van der Waals surface area contributed by atoms with E-state index in [-0.39, 0.29) is 14.6 Å². The second-order valence-electron chi connectivity index (χ2n) is 12.2. The molecule has 1 amide bonds. The van der Waals surface area contributed by atoms with Gasteiger partial charge in [-0.3, -0.25) is 9.89 Å². The Labute approximate surface area is 297 Å². The van der Waals surface area contributed by atoms with Crippen molar-refractivity contribution in [3.05, 3.63) is 118 Å². The van der Waals surface area contributed by atoms with Crippen molar-refractivity contribution >= 4 is 44.1 Å². The molecule has 0 saturated carbocycles. The lowest BCUT2D eigenvalue weighted by molar-refractivity contribution is -0.156. The normalized spacial score (nSPS) is 14.2. The molecule has 3 N–H and O–H groups in total. The number of alkyl carbamates (subject to hydrolysis) is 1. The van der Waals surface area contributed by atoms with Gasteiger partial charge in [0, 0.05) is 33.5 Å². The maximum absolute atomic E-state index is 14.9. The van der Waals surface area contributed by atoms with E-state index < -0.39 is 71.1 Å². The van der Waals surface area contributed by atoms with E-state index in [4.69, 9.17) is 4.74 Å². The Bertz CT molecular complexity index is 2010. The number of Topliss-reactive ketones (excluding diaryl/α,β-unsaturated/α-hetero) is 1. The standard InChI is InChI=1S/C36H37F3N4O6S2/c1-22(2)43(51(47,48)26-15-14-25-20-40-42-28(25)18-26)29(21-44)32-17-16-31(50-32)27(36(37,38)39)19-30(45)34(41-35(46)49-3)33(23-10-6-4-7-11-23)24-12-8-5-9-13-24/h4-18,20,22,27,29,33-34,44H,19,21H2,1-3H3,(H,40,42)(H,41,46)/t27-,29-,34-/m1/s1. The van der Waals surface area contributed by atoms with Crippen LogP contribution in [-0.2, 0) is 19.6 Å². The topological polar surface area (TPSA) is 142 Å². The van der Waals surface area contributed by atoms with Crippen LogP contribution in [0.15, 0.2) is 102 Å². The van der Waals surface area contributed by atoms with Crippen LogP contribution in [0, 0.1) is 0 Å². The van der Waals surface area contributed by atoms with Crippen LogP contribution in [0.2, 0.25) is 0 Å². The fourth-order valence-corrected chi connectivity index (χ4v) is 9.29. The number of aliphatic hydroxyl groups excluding tert-OH is 1. The van der Waals surface area contributed by atoms with Crippen molar-refractivity contribution in [2.75, 3.05) is 13.7 Å².